The quantitative estimate of drug-likeness (QED) is 0.417. The predicted octanol–water partition coefficient (Wildman–Crippen LogP) is 2.84. The first-order valence-corrected chi connectivity index (χ1v) is 12.2. The molecule has 1 aromatic heterocycles. The number of anilines is 1. The zero-order valence-corrected chi connectivity index (χ0v) is 19.6. The second-order valence-electron chi connectivity index (χ2n) is 6.91. The summed E-state index contributed by atoms with van der Waals surface area (Å²) in [5.41, 5.74) is 6.47. The molecule has 1 unspecified atom stereocenters. The van der Waals surface area contributed by atoms with E-state index >= 15 is 0 Å². The zero-order chi connectivity index (χ0) is 24.1. The number of hydrogen-bond donors (Lipinski definition) is 1. The Morgan fingerprint density at radius 2 is 1.85 bits per heavy atom. The number of nitrogen functional groups attached to an aromatic ring is 1. The number of hydrogen-bond acceptors (Lipinski definition) is 10. The average molecular weight is 488 g/mol. The lowest BCUT2D eigenvalue weighted by Gasteiger charge is -2.24. The fraction of sp³-hybridized carbons (Fsp3) is 0.318. The van der Waals surface area contributed by atoms with Gasteiger partial charge in [0.25, 0.3) is 11.8 Å². The number of nitrogens with zero attached hydrogens (tertiary/aromatic N) is 2. The van der Waals surface area contributed by atoms with Gasteiger partial charge in [0.1, 0.15) is 28.6 Å². The number of carbonyl (C=O) groups is 4. The molecule has 1 aromatic carbocycles. The standard InChI is InChI=1S/C22H21N3O6S2/c1-3-30-22(29)17-15(14(10-23)18(24)33-17)11-31-21(28)16(8-9-32-2)25-19(26)12-6-4-5-7-13(12)20(25)27/h4-7,16H,3,8-9,11,24H2,1-2H3. The number of rotatable bonds is 9. The Labute approximate surface area is 198 Å². The number of nitriles is 1. The van der Waals surface area contributed by atoms with Crippen molar-refractivity contribution in [3.05, 3.63) is 51.4 Å². The van der Waals surface area contributed by atoms with E-state index in [-0.39, 0.29) is 45.2 Å². The fourth-order valence-electron chi connectivity index (χ4n) is 3.42. The van der Waals surface area contributed by atoms with Gasteiger partial charge in [-0.1, -0.05) is 12.1 Å². The number of benzene rings is 1. The van der Waals surface area contributed by atoms with E-state index in [2.05, 4.69) is 0 Å². The molecule has 0 saturated carbocycles. The molecule has 1 atom stereocenters. The normalized spacial score (nSPS) is 13.4. The Morgan fingerprint density at radius 3 is 2.39 bits per heavy atom. The Kier molecular flexibility index (Phi) is 7.73. The van der Waals surface area contributed by atoms with Crippen LogP contribution in [0.15, 0.2) is 24.3 Å². The Hall–Kier alpha value is -3.36. The average Bonchev–Trinajstić information content (AvgIpc) is 3.26. The summed E-state index contributed by atoms with van der Waals surface area (Å²) in [4.78, 5) is 52.1. The van der Waals surface area contributed by atoms with Crippen LogP contribution in [0, 0.1) is 11.3 Å². The highest BCUT2D eigenvalue weighted by Crippen LogP contribution is 2.32. The zero-order valence-electron chi connectivity index (χ0n) is 18.0. The third-order valence-electron chi connectivity index (χ3n) is 4.97. The number of thioether (sulfide) groups is 1. The molecule has 0 saturated heterocycles. The van der Waals surface area contributed by atoms with Crippen molar-refractivity contribution < 1.29 is 28.7 Å². The number of carbonyl (C=O) groups excluding carboxylic acids is 4. The molecule has 9 nitrogen and oxygen atoms in total. The van der Waals surface area contributed by atoms with Crippen LogP contribution in [0.5, 0.6) is 0 Å². The number of amides is 2. The Morgan fingerprint density at radius 1 is 1.21 bits per heavy atom. The van der Waals surface area contributed by atoms with Crippen molar-refractivity contribution in [2.75, 3.05) is 24.3 Å². The molecule has 1 aliphatic rings. The van der Waals surface area contributed by atoms with Crippen LogP contribution >= 0.6 is 23.1 Å². The molecule has 2 amide bonds. The SMILES string of the molecule is CCOC(=O)c1sc(N)c(C#N)c1COC(=O)C(CCSC)N1C(=O)c2ccccc2C1=O. The van der Waals surface area contributed by atoms with Crippen molar-refractivity contribution in [2.45, 2.75) is 26.0 Å². The van der Waals surface area contributed by atoms with Crippen molar-refractivity contribution in [2.24, 2.45) is 0 Å². The minimum Gasteiger partial charge on any atom is -0.462 e. The lowest BCUT2D eigenvalue weighted by molar-refractivity contribution is -0.149. The van der Waals surface area contributed by atoms with E-state index in [1.807, 2.05) is 12.3 Å². The number of ether oxygens (including phenoxy) is 2. The molecular weight excluding hydrogens is 466 g/mol. The van der Waals surface area contributed by atoms with Crippen LogP contribution in [0.4, 0.5) is 5.00 Å². The summed E-state index contributed by atoms with van der Waals surface area (Å²) in [6, 6.07) is 7.11. The number of thiophene rings is 1. The monoisotopic (exact) mass is 487 g/mol. The molecule has 2 aromatic rings. The van der Waals surface area contributed by atoms with Gasteiger partial charge in [-0.3, -0.25) is 14.5 Å². The van der Waals surface area contributed by atoms with Crippen molar-refractivity contribution in [1.29, 1.82) is 5.26 Å². The number of fused-ring (bicyclic) bond motifs is 1. The van der Waals surface area contributed by atoms with Gasteiger partial charge in [-0.2, -0.15) is 17.0 Å². The summed E-state index contributed by atoms with van der Waals surface area (Å²) in [5, 5.41) is 9.54. The second kappa shape index (κ2) is 10.5. The molecule has 0 aliphatic carbocycles. The maximum Gasteiger partial charge on any atom is 0.348 e. The molecule has 1 aliphatic heterocycles. The summed E-state index contributed by atoms with van der Waals surface area (Å²) in [7, 11) is 0. The topological polar surface area (TPSA) is 140 Å². The second-order valence-corrected chi connectivity index (χ2v) is 8.95. The van der Waals surface area contributed by atoms with Crippen LogP contribution in [-0.2, 0) is 20.9 Å². The van der Waals surface area contributed by atoms with Crippen LogP contribution in [0.2, 0.25) is 0 Å². The van der Waals surface area contributed by atoms with Crippen LogP contribution in [0.3, 0.4) is 0 Å². The third kappa shape index (κ3) is 4.72. The smallest absolute Gasteiger partial charge is 0.348 e. The van der Waals surface area contributed by atoms with Gasteiger partial charge in [-0.25, -0.2) is 9.59 Å². The van der Waals surface area contributed by atoms with Gasteiger partial charge in [0.15, 0.2) is 0 Å². The summed E-state index contributed by atoms with van der Waals surface area (Å²) < 4.78 is 10.4. The highest BCUT2D eigenvalue weighted by molar-refractivity contribution is 7.98. The van der Waals surface area contributed by atoms with Crippen molar-refractivity contribution in [1.82, 2.24) is 4.90 Å². The fourth-order valence-corrected chi connectivity index (χ4v) is 4.80. The third-order valence-corrected chi connectivity index (χ3v) is 6.66. The lowest BCUT2D eigenvalue weighted by atomic mass is 10.1. The largest absolute Gasteiger partial charge is 0.462 e. The van der Waals surface area contributed by atoms with Crippen LogP contribution in [-0.4, -0.2) is 53.3 Å². The molecule has 3 rings (SSSR count). The van der Waals surface area contributed by atoms with Crippen LogP contribution < -0.4 is 5.73 Å². The first-order chi connectivity index (χ1) is 15.8. The summed E-state index contributed by atoms with van der Waals surface area (Å²) in [6.07, 6.45) is 2.02. The highest BCUT2D eigenvalue weighted by atomic mass is 32.2. The Balaban J connectivity index is 1.86. The molecular formula is C22H21N3O6S2. The predicted molar refractivity (Wildman–Crippen MR) is 123 cm³/mol. The molecule has 2 N–H and O–H groups in total. The minimum atomic E-state index is -1.16. The molecule has 33 heavy (non-hydrogen) atoms. The minimum absolute atomic E-state index is 0.0252. The van der Waals surface area contributed by atoms with E-state index in [9.17, 15) is 24.4 Å². The van der Waals surface area contributed by atoms with Gasteiger partial charge in [0.05, 0.1) is 23.3 Å². The number of imide groups is 1. The number of nitrogens with two attached hydrogens (primary N) is 1. The van der Waals surface area contributed by atoms with Gasteiger partial charge in [-0.15, -0.1) is 11.3 Å². The molecule has 0 bridgehead atoms. The molecule has 2 heterocycles. The maximum absolute atomic E-state index is 13.1. The summed E-state index contributed by atoms with van der Waals surface area (Å²) in [6.45, 7) is 1.33. The van der Waals surface area contributed by atoms with E-state index in [1.54, 1.807) is 19.1 Å². The highest BCUT2D eigenvalue weighted by Gasteiger charge is 2.43. The van der Waals surface area contributed by atoms with E-state index in [0.717, 1.165) is 16.2 Å². The van der Waals surface area contributed by atoms with Gasteiger partial charge >= 0.3 is 11.9 Å². The van der Waals surface area contributed by atoms with E-state index in [1.165, 1.54) is 23.9 Å². The van der Waals surface area contributed by atoms with Gasteiger partial charge in [0, 0.05) is 5.56 Å². The van der Waals surface area contributed by atoms with Crippen molar-refractivity contribution in [3.8, 4) is 6.07 Å². The van der Waals surface area contributed by atoms with E-state index in [4.69, 9.17) is 15.2 Å². The van der Waals surface area contributed by atoms with Crippen molar-refractivity contribution >= 4 is 51.9 Å². The lowest BCUT2D eigenvalue weighted by Crippen LogP contribution is -2.46. The number of esters is 2. The molecule has 11 heteroatoms. The molecule has 0 spiro atoms. The molecule has 0 fully saturated rings. The van der Waals surface area contributed by atoms with Crippen LogP contribution in [0.25, 0.3) is 0 Å². The Bertz CT molecular complexity index is 1120. The van der Waals surface area contributed by atoms with Crippen LogP contribution in [0.1, 0.15) is 54.9 Å². The molecule has 172 valence electrons. The van der Waals surface area contributed by atoms with Crippen molar-refractivity contribution in [3.63, 3.8) is 0 Å². The molecule has 0 radical (unpaired) electrons. The first kappa shape index (κ1) is 24.3. The van der Waals surface area contributed by atoms with Gasteiger partial charge < -0.3 is 15.2 Å². The van der Waals surface area contributed by atoms with E-state index in [0.29, 0.717) is 5.75 Å². The van der Waals surface area contributed by atoms with Gasteiger partial charge in [0.2, 0.25) is 0 Å². The first-order valence-electron chi connectivity index (χ1n) is 9.96. The van der Waals surface area contributed by atoms with E-state index < -0.39 is 36.4 Å². The maximum atomic E-state index is 13.1. The van der Waals surface area contributed by atoms with Gasteiger partial charge in [-0.05, 0) is 37.5 Å². The summed E-state index contributed by atoms with van der Waals surface area (Å²) >= 11 is 2.32. The summed E-state index contributed by atoms with van der Waals surface area (Å²) in [5.74, 6) is -2.13.